The van der Waals surface area contributed by atoms with Crippen molar-refractivity contribution in [2.24, 2.45) is 0 Å². The average molecular weight is 334 g/mol. The molecule has 0 radical (unpaired) electrons. The zero-order chi connectivity index (χ0) is 17.3. The van der Waals surface area contributed by atoms with E-state index in [0.29, 0.717) is 11.2 Å². The van der Waals surface area contributed by atoms with Crippen LogP contribution in [0.25, 0.3) is 0 Å². The number of anilines is 1. The summed E-state index contributed by atoms with van der Waals surface area (Å²) in [6.45, 7) is -0.525. The lowest BCUT2D eigenvalue weighted by molar-refractivity contribution is -0.117. The molecule has 1 aromatic carbocycles. The summed E-state index contributed by atoms with van der Waals surface area (Å²) in [6.07, 6.45) is 1.20. The number of carbonyl (C=O) groups excluding carboxylic acids is 2. The molecule has 24 heavy (non-hydrogen) atoms. The number of aryl methyl sites for hydroxylation is 1. The third kappa shape index (κ3) is 3.27. The molecule has 6 nitrogen and oxygen atoms in total. The fraction of sp³-hybridized carbons (Fsp3) is 0.312. The van der Waals surface area contributed by atoms with E-state index in [2.05, 4.69) is 10.4 Å². The predicted molar refractivity (Wildman–Crippen MR) is 82.9 cm³/mol. The van der Waals surface area contributed by atoms with Crippen LogP contribution in [0.4, 0.5) is 14.5 Å². The van der Waals surface area contributed by atoms with Gasteiger partial charge in [-0.1, -0.05) is 12.1 Å². The molecule has 1 atom stereocenters. The van der Waals surface area contributed by atoms with Crippen LogP contribution in [0.2, 0.25) is 0 Å². The fourth-order valence-electron chi connectivity index (χ4n) is 2.68. The molecule has 2 amide bonds. The second-order valence-corrected chi connectivity index (χ2v) is 5.68. The number of amides is 2. The summed E-state index contributed by atoms with van der Waals surface area (Å²) in [4.78, 5) is 25.8. The third-order valence-electron chi connectivity index (χ3n) is 3.81. The van der Waals surface area contributed by atoms with E-state index >= 15 is 0 Å². The first kappa shape index (κ1) is 16.1. The predicted octanol–water partition coefficient (Wildman–Crippen LogP) is 2.12. The normalized spacial score (nSPS) is 17.6. The van der Waals surface area contributed by atoms with Gasteiger partial charge < -0.3 is 10.2 Å². The van der Waals surface area contributed by atoms with E-state index in [4.69, 9.17) is 0 Å². The molecule has 1 N–H and O–H groups in total. The molecular formula is C16H16F2N4O2. The summed E-state index contributed by atoms with van der Waals surface area (Å²) in [5.41, 5.74) is 1.71. The molecule has 8 heteroatoms. The van der Waals surface area contributed by atoms with Crippen LogP contribution < -0.4 is 10.2 Å². The van der Waals surface area contributed by atoms with E-state index in [9.17, 15) is 18.4 Å². The second-order valence-electron chi connectivity index (χ2n) is 5.68. The minimum absolute atomic E-state index is 0.0935. The van der Waals surface area contributed by atoms with Crippen molar-refractivity contribution in [1.82, 2.24) is 15.1 Å². The molecule has 1 fully saturated rings. The van der Waals surface area contributed by atoms with Crippen LogP contribution in [-0.4, -0.2) is 34.2 Å². The van der Waals surface area contributed by atoms with Gasteiger partial charge in [0.2, 0.25) is 5.91 Å². The number of hydrogen-bond acceptors (Lipinski definition) is 3. The highest BCUT2D eigenvalue weighted by molar-refractivity contribution is 5.98. The van der Waals surface area contributed by atoms with Crippen LogP contribution in [0.15, 0.2) is 36.5 Å². The van der Waals surface area contributed by atoms with Crippen molar-refractivity contribution in [3.8, 4) is 0 Å². The Labute approximate surface area is 137 Å². The van der Waals surface area contributed by atoms with Gasteiger partial charge in [-0.25, -0.2) is 4.68 Å². The molecule has 1 unspecified atom stereocenters. The largest absolute Gasteiger partial charge is 0.346 e. The smallest absolute Gasteiger partial charge is 0.333 e. The van der Waals surface area contributed by atoms with Gasteiger partial charge in [0.15, 0.2) is 0 Å². The Kier molecular flexibility index (Phi) is 4.28. The molecule has 0 spiro atoms. The van der Waals surface area contributed by atoms with Crippen LogP contribution in [0, 0.1) is 6.92 Å². The number of benzene rings is 1. The number of alkyl halides is 2. The Hall–Kier alpha value is -2.77. The Morgan fingerprint density at radius 2 is 2.17 bits per heavy atom. The van der Waals surface area contributed by atoms with Crippen LogP contribution in [-0.2, 0) is 4.79 Å². The van der Waals surface area contributed by atoms with Gasteiger partial charge in [-0.3, -0.25) is 9.59 Å². The fourth-order valence-corrected chi connectivity index (χ4v) is 2.68. The van der Waals surface area contributed by atoms with Crippen molar-refractivity contribution < 1.29 is 18.4 Å². The summed E-state index contributed by atoms with van der Waals surface area (Å²) >= 11 is 0. The number of carbonyl (C=O) groups is 2. The Morgan fingerprint density at radius 1 is 1.38 bits per heavy atom. The third-order valence-corrected chi connectivity index (χ3v) is 3.81. The summed E-state index contributed by atoms with van der Waals surface area (Å²) in [5, 5.41) is 6.19. The highest BCUT2D eigenvalue weighted by Crippen LogP contribution is 2.22. The van der Waals surface area contributed by atoms with E-state index < -0.39 is 12.5 Å². The van der Waals surface area contributed by atoms with Gasteiger partial charge in [-0.15, -0.1) is 0 Å². The van der Waals surface area contributed by atoms with E-state index in [1.807, 2.05) is 31.2 Å². The van der Waals surface area contributed by atoms with Gasteiger partial charge in [-0.05, 0) is 30.7 Å². The van der Waals surface area contributed by atoms with Crippen molar-refractivity contribution >= 4 is 17.5 Å². The van der Waals surface area contributed by atoms with Crippen LogP contribution in [0.3, 0.4) is 0 Å². The van der Waals surface area contributed by atoms with Gasteiger partial charge in [0, 0.05) is 24.8 Å². The lowest BCUT2D eigenvalue weighted by atomic mass is 10.2. The number of hydrogen-bond donors (Lipinski definition) is 1. The van der Waals surface area contributed by atoms with Gasteiger partial charge in [0.25, 0.3) is 5.91 Å². The Balaban J connectivity index is 1.66. The number of nitrogens with zero attached hydrogens (tertiary/aromatic N) is 3. The highest BCUT2D eigenvalue weighted by Gasteiger charge is 2.32. The second kappa shape index (κ2) is 6.38. The minimum atomic E-state index is -2.79. The van der Waals surface area contributed by atoms with Crippen LogP contribution in [0.5, 0.6) is 0 Å². The minimum Gasteiger partial charge on any atom is -0.346 e. The van der Waals surface area contributed by atoms with Crippen LogP contribution in [0.1, 0.15) is 29.0 Å². The summed E-state index contributed by atoms with van der Waals surface area (Å²) in [5.74, 6) is -0.665. The summed E-state index contributed by atoms with van der Waals surface area (Å²) < 4.78 is 25.4. The maximum Gasteiger partial charge on any atom is 0.333 e. The zero-order valence-electron chi connectivity index (χ0n) is 12.9. The lowest BCUT2D eigenvalue weighted by Crippen LogP contribution is -2.37. The molecular weight excluding hydrogens is 318 g/mol. The number of aromatic nitrogens is 2. The molecule has 0 saturated carbocycles. The van der Waals surface area contributed by atoms with Gasteiger partial charge >= 0.3 is 6.55 Å². The molecule has 0 aliphatic carbocycles. The monoisotopic (exact) mass is 334 g/mol. The highest BCUT2D eigenvalue weighted by atomic mass is 19.3. The SMILES string of the molecule is Cc1cccc(N2CC(NC(=O)c3ccn(C(F)F)n3)CC2=O)c1. The van der Waals surface area contributed by atoms with Crippen molar-refractivity contribution in [2.45, 2.75) is 25.9 Å². The van der Waals surface area contributed by atoms with Crippen molar-refractivity contribution in [3.05, 3.63) is 47.8 Å². The molecule has 2 aromatic rings. The van der Waals surface area contributed by atoms with Crippen molar-refractivity contribution in [3.63, 3.8) is 0 Å². The Morgan fingerprint density at radius 3 is 2.83 bits per heavy atom. The molecule has 2 heterocycles. The maximum absolute atomic E-state index is 12.5. The van der Waals surface area contributed by atoms with E-state index in [0.717, 1.165) is 17.4 Å². The maximum atomic E-state index is 12.5. The average Bonchev–Trinajstić information content (AvgIpc) is 3.14. The molecule has 126 valence electrons. The topological polar surface area (TPSA) is 67.2 Å². The molecule has 1 aliphatic heterocycles. The quantitative estimate of drug-likeness (QED) is 0.931. The first-order valence-corrected chi connectivity index (χ1v) is 7.45. The molecule has 1 aromatic heterocycles. The molecule has 1 aliphatic rings. The van der Waals surface area contributed by atoms with E-state index in [1.54, 1.807) is 4.90 Å². The Bertz CT molecular complexity index is 775. The number of nitrogens with one attached hydrogen (secondary N) is 1. The first-order valence-electron chi connectivity index (χ1n) is 7.45. The standard InChI is InChI=1S/C16H16F2N4O2/c1-10-3-2-4-12(7-10)21-9-11(8-14(21)23)19-15(24)13-5-6-22(20-13)16(17)18/h2-7,11,16H,8-9H2,1H3,(H,19,24). The zero-order valence-corrected chi connectivity index (χ0v) is 12.9. The molecule has 0 bridgehead atoms. The van der Waals surface area contributed by atoms with Crippen molar-refractivity contribution in [2.75, 3.05) is 11.4 Å². The number of halogens is 2. The summed E-state index contributed by atoms with van der Waals surface area (Å²) in [7, 11) is 0. The summed E-state index contributed by atoms with van der Waals surface area (Å²) in [6, 6.07) is 8.36. The van der Waals surface area contributed by atoms with Crippen LogP contribution >= 0.6 is 0 Å². The van der Waals surface area contributed by atoms with Crippen molar-refractivity contribution in [1.29, 1.82) is 0 Å². The molecule has 1 saturated heterocycles. The first-order chi connectivity index (χ1) is 11.4. The van der Waals surface area contributed by atoms with Gasteiger partial charge in [-0.2, -0.15) is 13.9 Å². The van der Waals surface area contributed by atoms with E-state index in [-0.39, 0.29) is 24.1 Å². The van der Waals surface area contributed by atoms with E-state index in [1.165, 1.54) is 6.07 Å². The number of rotatable bonds is 4. The lowest BCUT2D eigenvalue weighted by Gasteiger charge is -2.17. The van der Waals surface area contributed by atoms with Gasteiger partial charge in [0.1, 0.15) is 5.69 Å². The molecule has 3 rings (SSSR count). The van der Waals surface area contributed by atoms with Gasteiger partial charge in [0.05, 0.1) is 6.04 Å².